The molecule has 35 heavy (non-hydrogen) atoms. The van der Waals surface area contributed by atoms with Gasteiger partial charge in [-0.3, -0.25) is 9.80 Å². The molecule has 1 aromatic heterocycles. The zero-order valence-electron chi connectivity index (χ0n) is 18.8. The molecule has 2 aromatic carbocycles. The molecule has 0 saturated heterocycles. The van der Waals surface area contributed by atoms with Crippen LogP contribution in [0.3, 0.4) is 0 Å². The predicted octanol–water partition coefficient (Wildman–Crippen LogP) is 4.91. The summed E-state index contributed by atoms with van der Waals surface area (Å²) in [5, 5.41) is 14.9. The Kier molecular flexibility index (Phi) is 7.44. The molecule has 0 aliphatic carbocycles. The second kappa shape index (κ2) is 10.5. The van der Waals surface area contributed by atoms with Gasteiger partial charge in [0.15, 0.2) is 11.6 Å². The summed E-state index contributed by atoms with van der Waals surface area (Å²) >= 11 is 6.20. The van der Waals surface area contributed by atoms with Gasteiger partial charge in [0.05, 0.1) is 18.5 Å². The number of hydrogen-bond acceptors (Lipinski definition) is 5. The van der Waals surface area contributed by atoms with Crippen LogP contribution in [0.25, 0.3) is 11.1 Å². The van der Waals surface area contributed by atoms with Gasteiger partial charge in [0.1, 0.15) is 17.3 Å². The standard InChI is InChI=1S/C24H23ClF3N5O2/c1-2-32-23-18(10-15(26)13-31-23)17-4-3-14(25)9-21(17)33(24(32)35)22-19(27)11-16(12-20(22)28)30-6-5-29-7-8-34/h3-4,9-13,29-30,34H,2,5-8H2,1H3. The van der Waals surface area contributed by atoms with Crippen molar-refractivity contribution >= 4 is 40.5 Å². The number of aromatic nitrogens is 1. The fraction of sp³-hybridized carbons (Fsp3) is 0.250. The second-order valence-corrected chi connectivity index (χ2v) is 8.17. The van der Waals surface area contributed by atoms with Gasteiger partial charge in [0, 0.05) is 48.0 Å². The number of nitrogens with zero attached hydrogens (tertiary/aromatic N) is 3. The Morgan fingerprint density at radius 3 is 2.46 bits per heavy atom. The van der Waals surface area contributed by atoms with Gasteiger partial charge >= 0.3 is 6.03 Å². The van der Waals surface area contributed by atoms with Crippen LogP contribution in [0.5, 0.6) is 0 Å². The number of benzene rings is 2. The minimum Gasteiger partial charge on any atom is -0.395 e. The molecule has 7 nitrogen and oxygen atoms in total. The normalized spacial score (nSPS) is 12.9. The summed E-state index contributed by atoms with van der Waals surface area (Å²) in [6, 6.07) is 7.15. The summed E-state index contributed by atoms with van der Waals surface area (Å²) in [4.78, 5) is 19.9. The number of anilines is 4. The zero-order chi connectivity index (χ0) is 25.1. The molecular formula is C24H23ClF3N5O2. The largest absolute Gasteiger partial charge is 0.395 e. The number of aliphatic hydroxyl groups is 1. The highest BCUT2D eigenvalue weighted by molar-refractivity contribution is 6.31. The first kappa shape index (κ1) is 24.8. The molecule has 0 bridgehead atoms. The third-order valence-corrected chi connectivity index (χ3v) is 5.71. The van der Waals surface area contributed by atoms with Crippen LogP contribution in [0.2, 0.25) is 5.02 Å². The summed E-state index contributed by atoms with van der Waals surface area (Å²) in [6.07, 6.45) is 0.983. The highest BCUT2D eigenvalue weighted by Gasteiger charge is 2.36. The lowest BCUT2D eigenvalue weighted by Crippen LogP contribution is -2.41. The van der Waals surface area contributed by atoms with Crippen molar-refractivity contribution in [2.45, 2.75) is 6.92 Å². The first-order valence-electron chi connectivity index (χ1n) is 11.0. The number of halogens is 4. The highest BCUT2D eigenvalue weighted by Crippen LogP contribution is 2.45. The second-order valence-electron chi connectivity index (χ2n) is 7.74. The quantitative estimate of drug-likeness (QED) is 0.379. The molecule has 3 N–H and O–H groups in total. The molecule has 2 amide bonds. The maximum absolute atomic E-state index is 15.4. The van der Waals surface area contributed by atoms with E-state index in [0.717, 1.165) is 23.2 Å². The Balaban J connectivity index is 1.82. The van der Waals surface area contributed by atoms with Crippen molar-refractivity contribution in [2.75, 3.05) is 47.9 Å². The van der Waals surface area contributed by atoms with E-state index < -0.39 is 29.2 Å². The summed E-state index contributed by atoms with van der Waals surface area (Å²) in [7, 11) is 0. The highest BCUT2D eigenvalue weighted by atomic mass is 35.5. The van der Waals surface area contributed by atoms with Crippen molar-refractivity contribution in [3.8, 4) is 11.1 Å². The molecule has 0 saturated carbocycles. The molecule has 0 atom stereocenters. The average molecular weight is 506 g/mol. The fourth-order valence-corrected chi connectivity index (χ4v) is 4.13. The van der Waals surface area contributed by atoms with Crippen LogP contribution in [-0.2, 0) is 0 Å². The number of aliphatic hydroxyl groups excluding tert-OH is 1. The van der Waals surface area contributed by atoms with Gasteiger partial charge in [0.25, 0.3) is 0 Å². The summed E-state index contributed by atoms with van der Waals surface area (Å²) in [6.45, 7) is 3.00. The Morgan fingerprint density at radius 1 is 1.03 bits per heavy atom. The fourth-order valence-electron chi connectivity index (χ4n) is 3.96. The molecule has 3 aromatic rings. The number of pyridine rings is 1. The van der Waals surface area contributed by atoms with Gasteiger partial charge in [-0.1, -0.05) is 17.7 Å². The molecule has 0 spiro atoms. The maximum Gasteiger partial charge on any atom is 0.334 e. The van der Waals surface area contributed by atoms with Crippen molar-refractivity contribution in [1.29, 1.82) is 0 Å². The molecule has 1 aliphatic rings. The third-order valence-electron chi connectivity index (χ3n) is 5.48. The van der Waals surface area contributed by atoms with E-state index in [4.69, 9.17) is 16.7 Å². The predicted molar refractivity (Wildman–Crippen MR) is 130 cm³/mol. The van der Waals surface area contributed by atoms with Crippen LogP contribution < -0.4 is 20.4 Å². The van der Waals surface area contributed by atoms with Gasteiger partial charge < -0.3 is 15.7 Å². The third kappa shape index (κ3) is 4.90. The minimum atomic E-state index is -0.976. The van der Waals surface area contributed by atoms with E-state index in [2.05, 4.69) is 15.6 Å². The maximum atomic E-state index is 15.4. The van der Waals surface area contributed by atoms with Crippen molar-refractivity contribution in [1.82, 2.24) is 10.3 Å². The van der Waals surface area contributed by atoms with E-state index in [1.165, 1.54) is 17.0 Å². The topological polar surface area (TPSA) is 80.7 Å². The van der Waals surface area contributed by atoms with Crippen LogP contribution in [0.4, 0.5) is 40.8 Å². The number of hydrogen-bond donors (Lipinski definition) is 3. The summed E-state index contributed by atoms with van der Waals surface area (Å²) < 4.78 is 44.9. The average Bonchev–Trinajstić information content (AvgIpc) is 2.91. The van der Waals surface area contributed by atoms with Crippen molar-refractivity contribution in [3.05, 3.63) is 65.1 Å². The number of urea groups is 1. The van der Waals surface area contributed by atoms with E-state index >= 15 is 8.78 Å². The van der Waals surface area contributed by atoms with E-state index in [1.807, 2.05) is 0 Å². The van der Waals surface area contributed by atoms with E-state index in [9.17, 15) is 9.18 Å². The number of fused-ring (bicyclic) bond motifs is 3. The molecule has 0 unspecified atom stereocenters. The van der Waals surface area contributed by atoms with Gasteiger partial charge in [-0.15, -0.1) is 0 Å². The number of amides is 2. The molecule has 11 heteroatoms. The molecule has 0 radical (unpaired) electrons. The van der Waals surface area contributed by atoms with Crippen LogP contribution >= 0.6 is 11.6 Å². The zero-order valence-corrected chi connectivity index (χ0v) is 19.5. The van der Waals surface area contributed by atoms with Crippen molar-refractivity contribution in [3.63, 3.8) is 0 Å². The summed E-state index contributed by atoms with van der Waals surface area (Å²) in [5.41, 5.74) is 0.330. The van der Waals surface area contributed by atoms with Crippen LogP contribution in [-0.4, -0.2) is 48.9 Å². The lowest BCUT2D eigenvalue weighted by molar-refractivity contribution is 0.253. The van der Waals surface area contributed by atoms with Gasteiger partial charge in [0.2, 0.25) is 0 Å². The lowest BCUT2D eigenvalue weighted by Gasteiger charge is -2.28. The Bertz CT molecular complexity index is 1240. The SMILES string of the molecule is CCN1C(=O)N(c2c(F)cc(NCCNCCO)cc2F)c2cc(Cl)ccc2-c2cc(F)cnc21. The van der Waals surface area contributed by atoms with Gasteiger partial charge in [-0.05, 0) is 37.3 Å². The molecule has 2 heterocycles. The molecular weight excluding hydrogens is 483 g/mol. The van der Waals surface area contributed by atoms with Crippen molar-refractivity contribution in [2.24, 2.45) is 0 Å². The Hall–Kier alpha value is -3.34. The number of rotatable bonds is 8. The Morgan fingerprint density at radius 2 is 1.77 bits per heavy atom. The number of carbonyl (C=O) groups is 1. The van der Waals surface area contributed by atoms with Crippen LogP contribution in [0.1, 0.15) is 6.92 Å². The first-order chi connectivity index (χ1) is 16.8. The summed E-state index contributed by atoms with van der Waals surface area (Å²) in [5.74, 6) is -2.41. The van der Waals surface area contributed by atoms with Gasteiger partial charge in [-0.25, -0.2) is 22.9 Å². The monoisotopic (exact) mass is 505 g/mol. The molecule has 1 aliphatic heterocycles. The minimum absolute atomic E-state index is 0.0197. The van der Waals surface area contributed by atoms with E-state index in [-0.39, 0.29) is 35.4 Å². The van der Waals surface area contributed by atoms with Crippen LogP contribution in [0.15, 0.2) is 42.6 Å². The Labute approximate surface area is 205 Å². The lowest BCUT2D eigenvalue weighted by atomic mass is 10.0. The van der Waals surface area contributed by atoms with Gasteiger partial charge in [-0.2, -0.15) is 0 Å². The molecule has 0 fully saturated rings. The van der Waals surface area contributed by atoms with Crippen molar-refractivity contribution < 1.29 is 23.1 Å². The number of nitrogens with one attached hydrogen (secondary N) is 2. The van der Waals surface area contributed by atoms with Crippen LogP contribution in [0, 0.1) is 17.5 Å². The first-order valence-corrected chi connectivity index (χ1v) is 11.3. The molecule has 4 rings (SSSR count). The van der Waals surface area contributed by atoms with E-state index in [0.29, 0.717) is 30.8 Å². The molecule has 184 valence electrons. The number of carbonyl (C=O) groups excluding carboxylic acids is 1. The smallest absolute Gasteiger partial charge is 0.334 e. The van der Waals surface area contributed by atoms with E-state index in [1.54, 1.807) is 19.1 Å².